The van der Waals surface area contributed by atoms with Gasteiger partial charge in [-0.05, 0) is 43.7 Å². The van der Waals surface area contributed by atoms with Crippen molar-refractivity contribution in [3.63, 3.8) is 0 Å². The van der Waals surface area contributed by atoms with Gasteiger partial charge in [0.25, 0.3) is 0 Å². The lowest BCUT2D eigenvalue weighted by molar-refractivity contribution is -0.00182. The molecule has 112 valence electrons. The SMILES string of the molecule is CC1CCC(O)(CNS(=O)(=O)c2cccnc2N)CC1. The van der Waals surface area contributed by atoms with E-state index in [4.69, 9.17) is 5.73 Å². The molecule has 1 saturated carbocycles. The Kier molecular flexibility index (Phi) is 4.31. The number of nitrogens with one attached hydrogen (secondary N) is 1. The van der Waals surface area contributed by atoms with Gasteiger partial charge in [0.05, 0.1) is 5.60 Å². The number of hydrogen-bond donors (Lipinski definition) is 3. The topological polar surface area (TPSA) is 105 Å². The minimum atomic E-state index is -3.74. The summed E-state index contributed by atoms with van der Waals surface area (Å²) in [5.41, 5.74) is 4.61. The van der Waals surface area contributed by atoms with E-state index in [-0.39, 0.29) is 17.3 Å². The maximum Gasteiger partial charge on any atom is 0.244 e. The summed E-state index contributed by atoms with van der Waals surface area (Å²) >= 11 is 0. The maximum absolute atomic E-state index is 12.2. The lowest BCUT2D eigenvalue weighted by Crippen LogP contribution is -2.45. The Bertz CT molecular complexity index is 566. The highest BCUT2D eigenvalue weighted by Gasteiger charge is 2.33. The van der Waals surface area contributed by atoms with Gasteiger partial charge < -0.3 is 10.8 Å². The van der Waals surface area contributed by atoms with Crippen LogP contribution < -0.4 is 10.5 Å². The minimum absolute atomic E-state index is 0.0103. The maximum atomic E-state index is 12.2. The molecule has 1 aromatic rings. The molecule has 0 unspecified atom stereocenters. The number of sulfonamides is 1. The Morgan fingerprint density at radius 2 is 2.15 bits per heavy atom. The van der Waals surface area contributed by atoms with Crippen molar-refractivity contribution in [3.8, 4) is 0 Å². The molecule has 1 aliphatic rings. The van der Waals surface area contributed by atoms with Gasteiger partial charge in [-0.25, -0.2) is 18.1 Å². The van der Waals surface area contributed by atoms with Crippen molar-refractivity contribution in [3.05, 3.63) is 18.3 Å². The van der Waals surface area contributed by atoms with Crippen LogP contribution in [0, 0.1) is 5.92 Å². The van der Waals surface area contributed by atoms with Crippen LogP contribution in [-0.4, -0.2) is 30.7 Å². The van der Waals surface area contributed by atoms with Gasteiger partial charge in [-0.15, -0.1) is 0 Å². The second-order valence-corrected chi connectivity index (χ2v) is 7.35. The number of hydrogen-bond acceptors (Lipinski definition) is 5. The van der Waals surface area contributed by atoms with E-state index in [9.17, 15) is 13.5 Å². The zero-order chi connectivity index (χ0) is 14.8. The Balaban J connectivity index is 2.05. The fourth-order valence-corrected chi connectivity index (χ4v) is 3.61. The van der Waals surface area contributed by atoms with Crippen molar-refractivity contribution in [2.75, 3.05) is 12.3 Å². The summed E-state index contributed by atoms with van der Waals surface area (Å²) < 4.78 is 26.8. The van der Waals surface area contributed by atoms with Crippen molar-refractivity contribution in [2.24, 2.45) is 5.92 Å². The summed E-state index contributed by atoms with van der Waals surface area (Å²) in [6.45, 7) is 2.15. The van der Waals surface area contributed by atoms with Gasteiger partial charge in [0.1, 0.15) is 10.7 Å². The van der Waals surface area contributed by atoms with Crippen LogP contribution in [0.1, 0.15) is 32.6 Å². The van der Waals surface area contributed by atoms with Crippen LogP contribution in [0.15, 0.2) is 23.2 Å². The highest BCUT2D eigenvalue weighted by atomic mass is 32.2. The molecule has 4 N–H and O–H groups in total. The van der Waals surface area contributed by atoms with Gasteiger partial charge in [-0.1, -0.05) is 6.92 Å². The van der Waals surface area contributed by atoms with Crippen molar-refractivity contribution in [2.45, 2.75) is 43.1 Å². The molecule has 20 heavy (non-hydrogen) atoms. The van der Waals surface area contributed by atoms with Crippen molar-refractivity contribution in [1.82, 2.24) is 9.71 Å². The largest absolute Gasteiger partial charge is 0.389 e. The molecule has 0 saturated heterocycles. The van der Waals surface area contributed by atoms with E-state index >= 15 is 0 Å². The molecule has 1 fully saturated rings. The average molecular weight is 299 g/mol. The molecular formula is C13H21N3O3S. The van der Waals surface area contributed by atoms with Crippen LogP contribution in [0.5, 0.6) is 0 Å². The van der Waals surface area contributed by atoms with E-state index in [2.05, 4.69) is 16.6 Å². The Hall–Kier alpha value is -1.18. The fraction of sp³-hybridized carbons (Fsp3) is 0.615. The third kappa shape index (κ3) is 3.47. The first-order valence-electron chi connectivity index (χ1n) is 6.75. The fourth-order valence-electron chi connectivity index (χ4n) is 2.41. The second-order valence-electron chi connectivity index (χ2n) is 5.62. The molecule has 2 rings (SSSR count). The zero-order valence-electron chi connectivity index (χ0n) is 11.5. The first-order valence-corrected chi connectivity index (χ1v) is 8.23. The minimum Gasteiger partial charge on any atom is -0.389 e. The van der Waals surface area contributed by atoms with Crippen molar-refractivity contribution >= 4 is 15.8 Å². The van der Waals surface area contributed by atoms with Crippen LogP contribution in [0.2, 0.25) is 0 Å². The van der Waals surface area contributed by atoms with Crippen LogP contribution >= 0.6 is 0 Å². The summed E-state index contributed by atoms with van der Waals surface area (Å²) in [7, 11) is -3.74. The van der Waals surface area contributed by atoms with Gasteiger partial charge in [0.15, 0.2) is 0 Å². The van der Waals surface area contributed by atoms with E-state index in [1.54, 1.807) is 0 Å². The smallest absolute Gasteiger partial charge is 0.244 e. The molecular weight excluding hydrogens is 278 g/mol. The molecule has 1 aromatic heterocycles. The second kappa shape index (κ2) is 5.67. The molecule has 0 amide bonds. The Morgan fingerprint density at radius 1 is 1.50 bits per heavy atom. The van der Waals surface area contributed by atoms with E-state index in [0.29, 0.717) is 18.8 Å². The predicted octanol–water partition coefficient (Wildman–Crippen LogP) is 0.883. The van der Waals surface area contributed by atoms with E-state index in [1.165, 1.54) is 18.3 Å². The van der Waals surface area contributed by atoms with Gasteiger partial charge >= 0.3 is 0 Å². The molecule has 7 heteroatoms. The van der Waals surface area contributed by atoms with Crippen LogP contribution in [0.25, 0.3) is 0 Å². The zero-order valence-corrected chi connectivity index (χ0v) is 12.4. The first kappa shape index (κ1) is 15.2. The summed E-state index contributed by atoms with van der Waals surface area (Å²) in [6.07, 6.45) is 4.48. The molecule has 6 nitrogen and oxygen atoms in total. The quantitative estimate of drug-likeness (QED) is 0.765. The van der Waals surface area contributed by atoms with Gasteiger partial charge in [-0.3, -0.25) is 0 Å². The number of anilines is 1. The first-order chi connectivity index (χ1) is 9.32. The van der Waals surface area contributed by atoms with E-state index in [1.807, 2.05) is 0 Å². The number of nitrogen functional groups attached to an aromatic ring is 1. The lowest BCUT2D eigenvalue weighted by atomic mass is 9.80. The van der Waals surface area contributed by atoms with Crippen LogP contribution in [0.3, 0.4) is 0 Å². The molecule has 1 aliphatic carbocycles. The number of aromatic nitrogens is 1. The Morgan fingerprint density at radius 3 is 2.75 bits per heavy atom. The number of pyridine rings is 1. The van der Waals surface area contributed by atoms with Crippen LogP contribution in [-0.2, 0) is 10.0 Å². The number of nitrogens with two attached hydrogens (primary N) is 1. The summed E-state index contributed by atoms with van der Waals surface area (Å²) in [6, 6.07) is 2.92. The normalized spacial score (nSPS) is 27.4. The number of nitrogens with zero attached hydrogens (tertiary/aromatic N) is 1. The molecule has 0 spiro atoms. The highest BCUT2D eigenvalue weighted by Crippen LogP contribution is 2.31. The number of rotatable bonds is 4. The molecule has 0 radical (unpaired) electrons. The van der Waals surface area contributed by atoms with E-state index in [0.717, 1.165) is 12.8 Å². The summed E-state index contributed by atoms with van der Waals surface area (Å²) in [5.74, 6) is 0.546. The molecule has 0 aliphatic heterocycles. The standard InChI is InChI=1S/C13H21N3O3S/c1-10-4-6-13(17,7-5-10)9-16-20(18,19)11-3-2-8-15-12(11)14/h2-3,8,10,16-17H,4-7,9H2,1H3,(H2,14,15). The van der Waals surface area contributed by atoms with E-state index < -0.39 is 15.6 Å². The monoisotopic (exact) mass is 299 g/mol. The summed E-state index contributed by atoms with van der Waals surface area (Å²) in [4.78, 5) is 3.72. The molecule has 0 bridgehead atoms. The third-order valence-electron chi connectivity index (χ3n) is 3.89. The average Bonchev–Trinajstić information content (AvgIpc) is 2.41. The third-order valence-corrected chi connectivity index (χ3v) is 5.33. The highest BCUT2D eigenvalue weighted by molar-refractivity contribution is 7.89. The molecule has 1 heterocycles. The lowest BCUT2D eigenvalue weighted by Gasteiger charge is -2.34. The summed E-state index contributed by atoms with van der Waals surface area (Å²) in [5, 5.41) is 10.4. The van der Waals surface area contributed by atoms with Gasteiger partial charge in [-0.2, -0.15) is 0 Å². The van der Waals surface area contributed by atoms with Gasteiger partial charge in [0.2, 0.25) is 10.0 Å². The molecule has 0 aromatic carbocycles. The Labute approximate surface area is 119 Å². The molecule has 0 atom stereocenters. The van der Waals surface area contributed by atoms with Gasteiger partial charge in [0, 0.05) is 12.7 Å². The van der Waals surface area contributed by atoms with Crippen LogP contribution in [0.4, 0.5) is 5.82 Å². The van der Waals surface area contributed by atoms with Crippen molar-refractivity contribution < 1.29 is 13.5 Å². The number of aliphatic hydroxyl groups is 1. The predicted molar refractivity (Wildman–Crippen MR) is 76.4 cm³/mol. The van der Waals surface area contributed by atoms with Crippen molar-refractivity contribution in [1.29, 1.82) is 0 Å².